The van der Waals surface area contributed by atoms with Crippen LogP contribution >= 0.6 is 23.1 Å². The Morgan fingerprint density at radius 2 is 1.84 bits per heavy atom. The lowest BCUT2D eigenvalue weighted by atomic mass is 10.2. The highest BCUT2D eigenvalue weighted by Crippen LogP contribution is 2.27. The third-order valence-corrected chi connectivity index (χ3v) is 5.52. The molecule has 0 radical (unpaired) electrons. The third-order valence-electron chi connectivity index (χ3n) is 3.95. The SMILES string of the molecule is O=C(CSc1nnc(-c2ccc([N+](=O)[O-])cc2)o1)Nc1nc(-c2ccc(F)cc2)cs1. The maximum atomic E-state index is 13.0. The van der Waals surface area contributed by atoms with Crippen LogP contribution in [0.25, 0.3) is 22.7 Å². The fraction of sp³-hybridized carbons (Fsp3) is 0.0526. The number of nitrogens with one attached hydrogen (secondary N) is 1. The van der Waals surface area contributed by atoms with Gasteiger partial charge in [0.1, 0.15) is 5.82 Å². The Morgan fingerprint density at radius 3 is 2.55 bits per heavy atom. The normalized spacial score (nSPS) is 10.7. The average Bonchev–Trinajstić information content (AvgIpc) is 3.43. The summed E-state index contributed by atoms with van der Waals surface area (Å²) in [5.74, 6) is -0.420. The van der Waals surface area contributed by atoms with Crippen LogP contribution in [0, 0.1) is 15.9 Å². The van der Waals surface area contributed by atoms with Crippen molar-refractivity contribution in [3.63, 3.8) is 0 Å². The van der Waals surface area contributed by atoms with Gasteiger partial charge in [0.25, 0.3) is 10.9 Å². The van der Waals surface area contributed by atoms with E-state index >= 15 is 0 Å². The minimum absolute atomic E-state index is 0.0212. The number of aromatic nitrogens is 3. The molecule has 0 aliphatic carbocycles. The second-order valence-electron chi connectivity index (χ2n) is 6.06. The average molecular weight is 457 g/mol. The summed E-state index contributed by atoms with van der Waals surface area (Å²) in [5, 5.41) is 23.5. The fourth-order valence-corrected chi connectivity index (χ4v) is 3.78. The van der Waals surface area contributed by atoms with Crippen molar-refractivity contribution in [1.29, 1.82) is 0 Å². The molecule has 12 heteroatoms. The number of non-ortho nitro benzene ring substituents is 1. The number of halogens is 1. The quantitative estimate of drug-likeness (QED) is 0.242. The van der Waals surface area contributed by atoms with Crippen molar-refractivity contribution in [2.45, 2.75) is 5.22 Å². The summed E-state index contributed by atoms with van der Waals surface area (Å²) in [4.78, 5) is 26.7. The van der Waals surface area contributed by atoms with Crippen molar-refractivity contribution >= 4 is 39.8 Å². The third kappa shape index (κ3) is 5.10. The number of thioether (sulfide) groups is 1. The molecule has 156 valence electrons. The van der Waals surface area contributed by atoms with Crippen molar-refractivity contribution < 1.29 is 18.5 Å². The molecule has 0 fully saturated rings. The number of amides is 1. The van der Waals surface area contributed by atoms with Crippen molar-refractivity contribution in [3.8, 4) is 22.7 Å². The molecule has 0 atom stereocenters. The monoisotopic (exact) mass is 457 g/mol. The van der Waals surface area contributed by atoms with Gasteiger partial charge in [-0.3, -0.25) is 14.9 Å². The van der Waals surface area contributed by atoms with Crippen molar-refractivity contribution in [2.24, 2.45) is 0 Å². The number of benzene rings is 2. The van der Waals surface area contributed by atoms with E-state index in [4.69, 9.17) is 4.42 Å². The van der Waals surface area contributed by atoms with Crippen molar-refractivity contribution in [2.75, 3.05) is 11.1 Å². The van der Waals surface area contributed by atoms with Gasteiger partial charge >= 0.3 is 0 Å². The topological polar surface area (TPSA) is 124 Å². The number of nitrogens with zero attached hydrogens (tertiary/aromatic N) is 4. The maximum absolute atomic E-state index is 13.0. The number of carbonyl (C=O) groups is 1. The zero-order valence-electron chi connectivity index (χ0n) is 15.5. The van der Waals surface area contributed by atoms with Crippen molar-refractivity contribution in [3.05, 3.63) is 69.8 Å². The van der Waals surface area contributed by atoms with E-state index in [1.54, 1.807) is 17.5 Å². The number of hydrogen-bond donors (Lipinski definition) is 1. The van der Waals surface area contributed by atoms with Gasteiger partial charge in [-0.05, 0) is 36.4 Å². The van der Waals surface area contributed by atoms with E-state index in [0.717, 1.165) is 17.3 Å². The number of nitro benzene ring substituents is 1. The van der Waals surface area contributed by atoms with Crippen LogP contribution in [-0.4, -0.2) is 31.8 Å². The second kappa shape index (κ2) is 9.02. The molecular formula is C19H12FN5O4S2. The number of anilines is 1. The first kappa shape index (κ1) is 20.6. The molecule has 0 unspecified atom stereocenters. The molecule has 0 spiro atoms. The van der Waals surface area contributed by atoms with E-state index < -0.39 is 4.92 Å². The van der Waals surface area contributed by atoms with Gasteiger partial charge in [0.2, 0.25) is 11.8 Å². The summed E-state index contributed by atoms with van der Waals surface area (Å²) in [7, 11) is 0. The molecular weight excluding hydrogens is 445 g/mol. The predicted molar refractivity (Wildman–Crippen MR) is 113 cm³/mol. The molecule has 0 aliphatic rings. The molecule has 1 amide bonds. The number of carbonyl (C=O) groups excluding carboxylic acids is 1. The van der Waals surface area contributed by atoms with E-state index in [1.165, 1.54) is 47.7 Å². The van der Waals surface area contributed by atoms with Gasteiger partial charge < -0.3 is 9.73 Å². The van der Waals surface area contributed by atoms with Gasteiger partial charge in [-0.1, -0.05) is 11.8 Å². The van der Waals surface area contributed by atoms with Gasteiger partial charge in [-0.15, -0.1) is 21.5 Å². The number of hydrogen-bond acceptors (Lipinski definition) is 9. The standard InChI is InChI=1S/C19H12FN5O4S2/c20-13-5-1-11(2-6-13)15-9-30-18(21-15)22-16(26)10-31-19-24-23-17(29-19)12-3-7-14(8-4-12)25(27)28/h1-9H,10H2,(H,21,22,26). The zero-order chi connectivity index (χ0) is 21.8. The Morgan fingerprint density at radius 1 is 1.13 bits per heavy atom. The summed E-state index contributed by atoms with van der Waals surface area (Å²) >= 11 is 2.31. The molecule has 31 heavy (non-hydrogen) atoms. The molecule has 1 N–H and O–H groups in total. The van der Waals surface area contributed by atoms with Crippen LogP contribution in [-0.2, 0) is 4.79 Å². The molecule has 0 saturated carbocycles. The Hall–Kier alpha value is -3.64. The number of thiazole rings is 1. The number of nitro groups is 1. The maximum Gasteiger partial charge on any atom is 0.277 e. The van der Waals surface area contributed by atoms with Gasteiger partial charge in [0.15, 0.2) is 5.13 Å². The summed E-state index contributed by atoms with van der Waals surface area (Å²) in [6.07, 6.45) is 0. The Bertz CT molecular complexity index is 1220. The van der Waals surface area contributed by atoms with Gasteiger partial charge in [-0.2, -0.15) is 0 Å². The van der Waals surface area contributed by atoms with Crippen LogP contribution in [0.2, 0.25) is 0 Å². The molecule has 2 aromatic carbocycles. The number of rotatable bonds is 7. The van der Waals surface area contributed by atoms with E-state index in [9.17, 15) is 19.3 Å². The van der Waals surface area contributed by atoms with Crippen LogP contribution in [0.1, 0.15) is 0 Å². The van der Waals surface area contributed by atoms with Crippen LogP contribution in [0.15, 0.2) is 63.6 Å². The van der Waals surface area contributed by atoms with Gasteiger partial charge in [0, 0.05) is 28.6 Å². The van der Waals surface area contributed by atoms with E-state index in [2.05, 4.69) is 20.5 Å². The first-order valence-electron chi connectivity index (χ1n) is 8.70. The van der Waals surface area contributed by atoms with Gasteiger partial charge in [0.05, 0.1) is 16.4 Å². The van der Waals surface area contributed by atoms with Crippen LogP contribution in [0.4, 0.5) is 15.2 Å². The first-order chi connectivity index (χ1) is 15.0. The van der Waals surface area contributed by atoms with E-state index in [1.807, 2.05) is 0 Å². The Balaban J connectivity index is 1.32. The molecule has 0 aliphatic heterocycles. The Kier molecular flexibility index (Phi) is 6.00. The fourth-order valence-electron chi connectivity index (χ4n) is 2.48. The smallest absolute Gasteiger partial charge is 0.277 e. The minimum Gasteiger partial charge on any atom is -0.411 e. The minimum atomic E-state index is -0.497. The highest BCUT2D eigenvalue weighted by molar-refractivity contribution is 7.99. The highest BCUT2D eigenvalue weighted by atomic mass is 32.2. The molecule has 4 aromatic rings. The van der Waals surface area contributed by atoms with E-state index in [0.29, 0.717) is 16.4 Å². The lowest BCUT2D eigenvalue weighted by molar-refractivity contribution is -0.384. The lowest BCUT2D eigenvalue weighted by Gasteiger charge is -1.99. The van der Waals surface area contributed by atoms with Crippen molar-refractivity contribution in [1.82, 2.24) is 15.2 Å². The van der Waals surface area contributed by atoms with Crippen LogP contribution < -0.4 is 5.32 Å². The second-order valence-corrected chi connectivity index (χ2v) is 7.84. The van der Waals surface area contributed by atoms with Crippen LogP contribution in [0.3, 0.4) is 0 Å². The molecule has 2 aromatic heterocycles. The van der Waals surface area contributed by atoms with Gasteiger partial charge in [-0.25, -0.2) is 9.37 Å². The molecule has 0 saturated heterocycles. The Labute approximate surface area is 182 Å². The van der Waals surface area contributed by atoms with E-state index in [-0.39, 0.29) is 34.3 Å². The first-order valence-corrected chi connectivity index (χ1v) is 10.6. The highest BCUT2D eigenvalue weighted by Gasteiger charge is 2.14. The predicted octanol–water partition coefficient (Wildman–Crippen LogP) is 4.64. The largest absolute Gasteiger partial charge is 0.411 e. The summed E-state index contributed by atoms with van der Waals surface area (Å²) < 4.78 is 18.5. The summed E-state index contributed by atoms with van der Waals surface area (Å²) in [6.45, 7) is 0. The summed E-state index contributed by atoms with van der Waals surface area (Å²) in [5.41, 5.74) is 1.87. The summed E-state index contributed by atoms with van der Waals surface area (Å²) in [6, 6.07) is 11.6. The zero-order valence-corrected chi connectivity index (χ0v) is 17.2. The molecule has 9 nitrogen and oxygen atoms in total. The lowest BCUT2D eigenvalue weighted by Crippen LogP contribution is -2.13. The molecule has 2 heterocycles. The molecule has 0 bridgehead atoms. The molecule has 4 rings (SSSR count). The van der Waals surface area contributed by atoms with Crippen LogP contribution in [0.5, 0.6) is 0 Å².